The van der Waals surface area contributed by atoms with Crippen LogP contribution in [0.5, 0.6) is 0 Å². The third-order valence-electron chi connectivity index (χ3n) is 4.91. The average molecular weight is 383 g/mol. The van der Waals surface area contributed by atoms with Crippen molar-refractivity contribution in [1.82, 2.24) is 9.38 Å². The SMILES string of the molecule is CC(F)(F)c1nc2cc(C(=O)O)cc(C#N)n2c1CC1CCC(F)(F)CC1. The highest BCUT2D eigenvalue weighted by Crippen LogP contribution is 2.39. The molecule has 0 aliphatic heterocycles. The van der Waals surface area contributed by atoms with Gasteiger partial charge in [-0.2, -0.15) is 14.0 Å². The first kappa shape index (κ1) is 19.1. The predicted octanol–water partition coefficient (Wildman–Crippen LogP) is 4.38. The second kappa shape index (κ2) is 6.51. The second-order valence-corrected chi connectivity index (χ2v) is 7.04. The van der Waals surface area contributed by atoms with Crippen molar-refractivity contribution in [2.75, 3.05) is 0 Å². The zero-order valence-corrected chi connectivity index (χ0v) is 14.5. The molecule has 9 heteroatoms. The molecule has 0 radical (unpaired) electrons. The third-order valence-corrected chi connectivity index (χ3v) is 4.91. The van der Waals surface area contributed by atoms with Gasteiger partial charge in [-0.1, -0.05) is 0 Å². The van der Waals surface area contributed by atoms with Crippen molar-refractivity contribution in [3.8, 4) is 6.07 Å². The van der Waals surface area contributed by atoms with E-state index in [0.717, 1.165) is 12.1 Å². The molecule has 1 aliphatic carbocycles. The monoisotopic (exact) mass is 383 g/mol. The number of hydrogen-bond donors (Lipinski definition) is 1. The van der Waals surface area contributed by atoms with Crippen molar-refractivity contribution < 1.29 is 27.5 Å². The average Bonchev–Trinajstić information content (AvgIpc) is 2.94. The number of carboxylic acid groups (broad SMARTS) is 1. The summed E-state index contributed by atoms with van der Waals surface area (Å²) in [7, 11) is 0. The minimum atomic E-state index is -3.32. The fourth-order valence-corrected chi connectivity index (χ4v) is 3.55. The van der Waals surface area contributed by atoms with Crippen LogP contribution in [0.4, 0.5) is 17.6 Å². The molecule has 0 spiro atoms. The van der Waals surface area contributed by atoms with Gasteiger partial charge in [-0.3, -0.25) is 4.40 Å². The van der Waals surface area contributed by atoms with Crippen molar-refractivity contribution in [1.29, 1.82) is 5.26 Å². The summed E-state index contributed by atoms with van der Waals surface area (Å²) < 4.78 is 56.2. The molecule has 1 fully saturated rings. The fourth-order valence-electron chi connectivity index (χ4n) is 3.55. The first-order chi connectivity index (χ1) is 12.5. The lowest BCUT2D eigenvalue weighted by Gasteiger charge is -2.28. The molecule has 1 saturated carbocycles. The van der Waals surface area contributed by atoms with Gasteiger partial charge in [-0.05, 0) is 37.3 Å². The number of halogens is 4. The van der Waals surface area contributed by atoms with Gasteiger partial charge in [-0.15, -0.1) is 0 Å². The van der Waals surface area contributed by atoms with Gasteiger partial charge in [0.15, 0.2) is 0 Å². The Hall–Kier alpha value is -2.63. The number of nitriles is 1. The van der Waals surface area contributed by atoms with Crippen LogP contribution >= 0.6 is 0 Å². The zero-order valence-electron chi connectivity index (χ0n) is 14.5. The van der Waals surface area contributed by atoms with Gasteiger partial charge in [0, 0.05) is 19.8 Å². The second-order valence-electron chi connectivity index (χ2n) is 7.04. The lowest BCUT2D eigenvalue weighted by molar-refractivity contribution is -0.0460. The summed E-state index contributed by atoms with van der Waals surface area (Å²) in [4.78, 5) is 15.1. The quantitative estimate of drug-likeness (QED) is 0.795. The minimum Gasteiger partial charge on any atom is -0.478 e. The number of imidazole rings is 1. The number of aromatic nitrogens is 2. The Bertz CT molecular complexity index is 931. The van der Waals surface area contributed by atoms with Crippen molar-refractivity contribution in [3.05, 3.63) is 34.8 Å². The number of carbonyl (C=O) groups is 1. The maximum Gasteiger partial charge on any atom is 0.335 e. The molecular weight excluding hydrogens is 366 g/mol. The molecule has 1 aliphatic rings. The molecule has 144 valence electrons. The van der Waals surface area contributed by atoms with Crippen LogP contribution in [0, 0.1) is 17.2 Å². The van der Waals surface area contributed by atoms with Crippen molar-refractivity contribution >= 4 is 11.6 Å². The van der Waals surface area contributed by atoms with Crippen LogP contribution in [0.25, 0.3) is 5.65 Å². The Labute approximate surface area is 152 Å². The highest BCUT2D eigenvalue weighted by Gasteiger charge is 2.38. The Morgan fingerprint density at radius 1 is 1.41 bits per heavy atom. The Morgan fingerprint density at radius 2 is 2.04 bits per heavy atom. The van der Waals surface area contributed by atoms with Crippen molar-refractivity contribution in [3.63, 3.8) is 0 Å². The number of fused-ring (bicyclic) bond motifs is 1. The Morgan fingerprint density at radius 3 is 2.56 bits per heavy atom. The molecular formula is C18H17F4N3O2. The van der Waals surface area contributed by atoms with Gasteiger partial charge >= 0.3 is 5.97 Å². The van der Waals surface area contributed by atoms with E-state index in [1.807, 2.05) is 6.07 Å². The summed E-state index contributed by atoms with van der Waals surface area (Å²) in [5, 5.41) is 18.5. The molecule has 0 atom stereocenters. The molecule has 0 unspecified atom stereocenters. The maximum atomic E-state index is 14.1. The highest BCUT2D eigenvalue weighted by molar-refractivity contribution is 5.89. The summed E-state index contributed by atoms with van der Waals surface area (Å²) in [6.07, 6.45) is -0.174. The number of hydrogen-bond acceptors (Lipinski definition) is 3. The van der Waals surface area contributed by atoms with E-state index >= 15 is 0 Å². The summed E-state index contributed by atoms with van der Waals surface area (Å²) in [6, 6.07) is 4.03. The Balaban J connectivity index is 2.12. The standard InChI is InChI=1S/C18H17F4N3O2/c1-17(19,20)15-13(6-10-2-4-18(21,22)5-3-10)25-12(9-23)7-11(16(26)27)8-14(25)24-15/h7-8,10H,2-6H2,1H3,(H,26,27). The first-order valence-corrected chi connectivity index (χ1v) is 8.47. The van der Waals surface area contributed by atoms with Crippen LogP contribution in [0.15, 0.2) is 12.1 Å². The van der Waals surface area contributed by atoms with E-state index in [1.54, 1.807) is 0 Å². The highest BCUT2D eigenvalue weighted by atomic mass is 19.3. The van der Waals surface area contributed by atoms with Crippen LogP contribution in [0.3, 0.4) is 0 Å². The number of rotatable bonds is 4. The third kappa shape index (κ3) is 3.75. The molecule has 2 heterocycles. The zero-order chi connectivity index (χ0) is 20.0. The molecule has 0 saturated heterocycles. The van der Waals surface area contributed by atoms with Gasteiger partial charge in [0.1, 0.15) is 23.1 Å². The van der Waals surface area contributed by atoms with Gasteiger partial charge in [0.05, 0.1) is 11.3 Å². The number of nitrogens with zero attached hydrogens (tertiary/aromatic N) is 3. The number of carboxylic acids is 1. The van der Waals surface area contributed by atoms with Crippen LogP contribution < -0.4 is 0 Å². The summed E-state index contributed by atoms with van der Waals surface area (Å²) in [5.74, 6) is -7.60. The van der Waals surface area contributed by atoms with Crippen LogP contribution in [0.1, 0.15) is 60.0 Å². The van der Waals surface area contributed by atoms with E-state index in [9.17, 15) is 27.6 Å². The van der Waals surface area contributed by atoms with E-state index in [0.29, 0.717) is 6.92 Å². The molecule has 2 aromatic rings. The largest absolute Gasteiger partial charge is 0.478 e. The smallest absolute Gasteiger partial charge is 0.335 e. The molecule has 0 aromatic carbocycles. The summed E-state index contributed by atoms with van der Waals surface area (Å²) >= 11 is 0. The van der Waals surface area contributed by atoms with Crippen LogP contribution in [0.2, 0.25) is 0 Å². The normalized spacial score (nSPS) is 17.8. The Kier molecular flexibility index (Phi) is 4.62. The molecule has 2 aromatic heterocycles. The predicted molar refractivity (Wildman–Crippen MR) is 87.0 cm³/mol. The first-order valence-electron chi connectivity index (χ1n) is 8.47. The molecule has 27 heavy (non-hydrogen) atoms. The number of pyridine rings is 1. The van der Waals surface area contributed by atoms with Crippen molar-refractivity contribution in [2.24, 2.45) is 5.92 Å². The van der Waals surface area contributed by atoms with E-state index in [-0.39, 0.29) is 60.6 Å². The van der Waals surface area contributed by atoms with Gasteiger partial charge < -0.3 is 5.11 Å². The lowest BCUT2D eigenvalue weighted by Crippen LogP contribution is -2.26. The van der Waals surface area contributed by atoms with Gasteiger partial charge in [0.25, 0.3) is 5.92 Å². The lowest BCUT2D eigenvalue weighted by atomic mass is 9.83. The topological polar surface area (TPSA) is 78.4 Å². The molecule has 1 N–H and O–H groups in total. The summed E-state index contributed by atoms with van der Waals surface area (Å²) in [5.41, 5.74) is -0.929. The fraction of sp³-hybridized carbons (Fsp3) is 0.500. The van der Waals surface area contributed by atoms with Crippen LogP contribution in [-0.4, -0.2) is 26.4 Å². The molecule has 0 bridgehead atoms. The molecule has 5 nitrogen and oxygen atoms in total. The van der Waals surface area contributed by atoms with Crippen LogP contribution in [-0.2, 0) is 12.3 Å². The maximum absolute atomic E-state index is 14.1. The van der Waals surface area contributed by atoms with Gasteiger partial charge in [0.2, 0.25) is 5.92 Å². The van der Waals surface area contributed by atoms with E-state index in [2.05, 4.69) is 4.98 Å². The number of alkyl halides is 4. The molecule has 3 rings (SSSR count). The number of aromatic carboxylic acids is 1. The van der Waals surface area contributed by atoms with E-state index in [4.69, 9.17) is 5.11 Å². The van der Waals surface area contributed by atoms with E-state index < -0.39 is 23.5 Å². The molecule has 0 amide bonds. The minimum absolute atomic E-state index is 0.0666. The summed E-state index contributed by atoms with van der Waals surface area (Å²) in [6.45, 7) is 0.664. The van der Waals surface area contributed by atoms with Crippen molar-refractivity contribution in [2.45, 2.75) is 50.9 Å². The van der Waals surface area contributed by atoms with Gasteiger partial charge in [-0.25, -0.2) is 18.6 Å². The van der Waals surface area contributed by atoms with E-state index in [1.165, 1.54) is 4.40 Å².